The SMILES string of the molecule is CCOc1cncc(-n2cc(N)c(C(=O)O)n2)c1. The van der Waals surface area contributed by atoms with Crippen molar-refractivity contribution in [1.29, 1.82) is 0 Å². The van der Waals surface area contributed by atoms with Crippen LogP contribution >= 0.6 is 0 Å². The van der Waals surface area contributed by atoms with Crippen molar-refractivity contribution in [2.75, 3.05) is 12.3 Å². The number of nitrogens with zero attached hydrogens (tertiary/aromatic N) is 3. The molecular weight excluding hydrogens is 236 g/mol. The Morgan fingerprint density at radius 1 is 1.56 bits per heavy atom. The van der Waals surface area contributed by atoms with Crippen LogP contribution in [0.15, 0.2) is 24.7 Å². The predicted molar refractivity (Wildman–Crippen MR) is 63.9 cm³/mol. The number of carboxylic acid groups (broad SMARTS) is 1. The van der Waals surface area contributed by atoms with E-state index >= 15 is 0 Å². The monoisotopic (exact) mass is 248 g/mol. The lowest BCUT2D eigenvalue weighted by Gasteiger charge is -2.04. The van der Waals surface area contributed by atoms with Gasteiger partial charge in [0, 0.05) is 6.07 Å². The molecule has 0 unspecified atom stereocenters. The van der Waals surface area contributed by atoms with Crippen molar-refractivity contribution in [2.45, 2.75) is 6.92 Å². The number of hydrogen-bond donors (Lipinski definition) is 2. The Morgan fingerprint density at radius 2 is 2.33 bits per heavy atom. The molecule has 2 aromatic heterocycles. The lowest BCUT2D eigenvalue weighted by Crippen LogP contribution is -2.03. The molecule has 2 heterocycles. The summed E-state index contributed by atoms with van der Waals surface area (Å²) in [5.41, 5.74) is 6.06. The molecule has 0 aromatic carbocycles. The van der Waals surface area contributed by atoms with E-state index in [2.05, 4.69) is 10.1 Å². The first-order valence-corrected chi connectivity index (χ1v) is 5.28. The third kappa shape index (κ3) is 2.24. The first kappa shape index (κ1) is 11.9. The van der Waals surface area contributed by atoms with E-state index in [9.17, 15) is 4.79 Å². The molecule has 0 spiro atoms. The average Bonchev–Trinajstić information content (AvgIpc) is 2.72. The minimum absolute atomic E-state index is 0.101. The van der Waals surface area contributed by atoms with Crippen molar-refractivity contribution in [3.05, 3.63) is 30.4 Å². The van der Waals surface area contributed by atoms with Crippen molar-refractivity contribution >= 4 is 11.7 Å². The first-order chi connectivity index (χ1) is 8.61. The Labute approximate surface area is 103 Å². The van der Waals surface area contributed by atoms with Gasteiger partial charge in [-0.3, -0.25) is 4.98 Å². The summed E-state index contributed by atoms with van der Waals surface area (Å²) < 4.78 is 6.66. The fourth-order valence-corrected chi connectivity index (χ4v) is 1.46. The Balaban J connectivity index is 2.39. The van der Waals surface area contributed by atoms with Crippen molar-refractivity contribution < 1.29 is 14.6 Å². The summed E-state index contributed by atoms with van der Waals surface area (Å²) in [4.78, 5) is 14.8. The van der Waals surface area contributed by atoms with Crippen molar-refractivity contribution in [1.82, 2.24) is 14.8 Å². The third-order valence-corrected chi connectivity index (χ3v) is 2.22. The van der Waals surface area contributed by atoms with Crippen molar-refractivity contribution in [3.8, 4) is 11.4 Å². The van der Waals surface area contributed by atoms with Gasteiger partial charge in [-0.05, 0) is 6.92 Å². The summed E-state index contributed by atoms with van der Waals surface area (Å²) in [6.07, 6.45) is 4.54. The zero-order chi connectivity index (χ0) is 13.1. The molecule has 0 aliphatic carbocycles. The number of carbonyl (C=O) groups is 1. The Kier molecular flexibility index (Phi) is 3.13. The van der Waals surface area contributed by atoms with Crippen LogP contribution in [0.1, 0.15) is 17.4 Å². The number of aromatic carboxylic acids is 1. The highest BCUT2D eigenvalue weighted by atomic mass is 16.5. The molecular formula is C11H12N4O3. The van der Waals surface area contributed by atoms with Crippen LogP contribution in [0, 0.1) is 0 Å². The molecule has 2 rings (SSSR count). The van der Waals surface area contributed by atoms with Gasteiger partial charge in [-0.15, -0.1) is 0 Å². The van der Waals surface area contributed by atoms with Crippen LogP contribution in [0.5, 0.6) is 5.75 Å². The van der Waals surface area contributed by atoms with Crippen LogP contribution in [-0.4, -0.2) is 32.4 Å². The second kappa shape index (κ2) is 4.74. The molecule has 7 heteroatoms. The van der Waals surface area contributed by atoms with E-state index in [0.29, 0.717) is 18.0 Å². The van der Waals surface area contributed by atoms with Crippen LogP contribution in [0.2, 0.25) is 0 Å². The summed E-state index contributed by atoms with van der Waals surface area (Å²) in [7, 11) is 0. The number of anilines is 1. The quantitative estimate of drug-likeness (QED) is 0.834. The van der Waals surface area contributed by atoms with E-state index in [1.54, 1.807) is 18.5 Å². The molecule has 0 atom stereocenters. The van der Waals surface area contributed by atoms with Gasteiger partial charge in [-0.1, -0.05) is 0 Å². The smallest absolute Gasteiger partial charge is 0.358 e. The number of pyridine rings is 1. The van der Waals surface area contributed by atoms with Gasteiger partial charge < -0.3 is 15.6 Å². The number of hydrogen-bond acceptors (Lipinski definition) is 5. The molecule has 0 saturated heterocycles. The minimum atomic E-state index is -1.17. The second-order valence-corrected chi connectivity index (χ2v) is 3.49. The fraction of sp³-hybridized carbons (Fsp3) is 0.182. The van der Waals surface area contributed by atoms with E-state index in [0.717, 1.165) is 0 Å². The number of nitrogen functional groups attached to an aromatic ring is 1. The van der Waals surface area contributed by atoms with E-state index in [1.165, 1.54) is 10.9 Å². The highest BCUT2D eigenvalue weighted by Gasteiger charge is 2.14. The number of carboxylic acids is 1. The number of nitrogens with two attached hydrogens (primary N) is 1. The number of rotatable bonds is 4. The van der Waals surface area contributed by atoms with Crippen LogP contribution < -0.4 is 10.5 Å². The normalized spacial score (nSPS) is 10.3. The van der Waals surface area contributed by atoms with Crippen molar-refractivity contribution in [2.24, 2.45) is 0 Å². The summed E-state index contributed by atoms with van der Waals surface area (Å²) in [5.74, 6) is -0.582. The summed E-state index contributed by atoms with van der Waals surface area (Å²) in [6.45, 7) is 2.38. The number of ether oxygens (including phenoxy) is 1. The first-order valence-electron chi connectivity index (χ1n) is 5.28. The molecule has 0 saturated carbocycles. The molecule has 0 amide bonds. The molecule has 0 aliphatic heterocycles. The maximum Gasteiger partial charge on any atom is 0.358 e. The number of aromatic nitrogens is 3. The Hall–Kier alpha value is -2.57. The highest BCUT2D eigenvalue weighted by molar-refractivity contribution is 5.91. The lowest BCUT2D eigenvalue weighted by molar-refractivity contribution is 0.0691. The molecule has 0 aliphatic rings. The minimum Gasteiger partial charge on any atom is -0.492 e. The van der Waals surface area contributed by atoms with Gasteiger partial charge in [0.25, 0.3) is 0 Å². The zero-order valence-electron chi connectivity index (χ0n) is 9.70. The average molecular weight is 248 g/mol. The van der Waals surface area contributed by atoms with Crippen molar-refractivity contribution in [3.63, 3.8) is 0 Å². The fourth-order valence-electron chi connectivity index (χ4n) is 1.46. The van der Waals surface area contributed by atoms with Gasteiger partial charge in [-0.25, -0.2) is 9.48 Å². The Bertz CT molecular complexity index is 579. The lowest BCUT2D eigenvalue weighted by atomic mass is 10.4. The molecule has 7 nitrogen and oxygen atoms in total. The third-order valence-electron chi connectivity index (χ3n) is 2.22. The van der Waals surface area contributed by atoms with Gasteiger partial charge in [0.05, 0.1) is 36.6 Å². The molecule has 0 radical (unpaired) electrons. The maximum absolute atomic E-state index is 10.8. The Morgan fingerprint density at radius 3 is 2.94 bits per heavy atom. The van der Waals surface area contributed by atoms with Crippen LogP contribution in [0.25, 0.3) is 5.69 Å². The van der Waals surface area contributed by atoms with Gasteiger partial charge in [-0.2, -0.15) is 5.10 Å². The molecule has 0 bridgehead atoms. The summed E-state index contributed by atoms with van der Waals surface area (Å²) in [5, 5.41) is 12.7. The molecule has 3 N–H and O–H groups in total. The maximum atomic E-state index is 10.8. The molecule has 94 valence electrons. The van der Waals surface area contributed by atoms with E-state index in [1.807, 2.05) is 6.92 Å². The topological polar surface area (TPSA) is 103 Å². The molecule has 2 aromatic rings. The summed E-state index contributed by atoms with van der Waals surface area (Å²) >= 11 is 0. The van der Waals surface area contributed by atoms with E-state index in [-0.39, 0.29) is 11.4 Å². The van der Waals surface area contributed by atoms with Gasteiger partial charge in [0.2, 0.25) is 0 Å². The van der Waals surface area contributed by atoms with Crippen LogP contribution in [-0.2, 0) is 0 Å². The highest BCUT2D eigenvalue weighted by Crippen LogP contribution is 2.17. The largest absolute Gasteiger partial charge is 0.492 e. The van der Waals surface area contributed by atoms with E-state index < -0.39 is 5.97 Å². The van der Waals surface area contributed by atoms with Crippen LogP contribution in [0.3, 0.4) is 0 Å². The van der Waals surface area contributed by atoms with Gasteiger partial charge in [0.15, 0.2) is 5.69 Å². The second-order valence-electron chi connectivity index (χ2n) is 3.49. The summed E-state index contributed by atoms with van der Waals surface area (Å²) in [6, 6.07) is 1.70. The van der Waals surface area contributed by atoms with Gasteiger partial charge in [0.1, 0.15) is 5.75 Å². The van der Waals surface area contributed by atoms with Crippen LogP contribution in [0.4, 0.5) is 5.69 Å². The molecule has 0 fully saturated rings. The van der Waals surface area contributed by atoms with E-state index in [4.69, 9.17) is 15.6 Å². The molecule has 18 heavy (non-hydrogen) atoms. The standard InChI is InChI=1S/C11H12N4O3/c1-2-18-8-3-7(4-13-5-8)15-6-9(12)10(14-15)11(16)17/h3-6H,2,12H2,1H3,(H,16,17). The predicted octanol–water partition coefficient (Wildman–Crippen LogP) is 0.946. The van der Waals surface area contributed by atoms with Gasteiger partial charge >= 0.3 is 5.97 Å². The zero-order valence-corrected chi connectivity index (χ0v) is 9.70.